The Kier molecular flexibility index (Phi) is 4.86. The van der Waals surface area contributed by atoms with Crippen molar-refractivity contribution in [3.05, 3.63) is 42.7 Å². The predicted octanol–water partition coefficient (Wildman–Crippen LogP) is 1.17. The Hall–Kier alpha value is -2.18. The number of hydrogen-bond donors (Lipinski definition) is 2. The number of nitrogens with two attached hydrogens (primary N) is 1. The van der Waals surface area contributed by atoms with Gasteiger partial charge in [0.1, 0.15) is 0 Å². The number of ether oxygens (including phenoxy) is 1. The highest BCUT2D eigenvalue weighted by Gasteiger charge is 2.13. The van der Waals surface area contributed by atoms with Gasteiger partial charge < -0.3 is 15.8 Å². The SMILES string of the molecule is COCCC(N)C(=O)Nc1ccc(-n2cccn2)cc1. The molecule has 2 rings (SSSR count). The van der Waals surface area contributed by atoms with E-state index in [1.54, 1.807) is 18.0 Å². The summed E-state index contributed by atoms with van der Waals surface area (Å²) in [6.45, 7) is 0.465. The molecule has 0 aliphatic heterocycles. The summed E-state index contributed by atoms with van der Waals surface area (Å²) in [7, 11) is 1.58. The maximum absolute atomic E-state index is 11.8. The van der Waals surface area contributed by atoms with Crippen molar-refractivity contribution in [2.75, 3.05) is 19.0 Å². The van der Waals surface area contributed by atoms with Crippen LogP contribution in [0.3, 0.4) is 0 Å². The van der Waals surface area contributed by atoms with Crippen molar-refractivity contribution in [1.29, 1.82) is 0 Å². The standard InChI is InChI=1S/C14H18N4O2/c1-20-10-7-13(15)14(19)17-11-3-5-12(6-4-11)18-9-2-8-16-18/h2-6,8-9,13H,7,10,15H2,1H3,(H,17,19). The van der Waals surface area contributed by atoms with Crippen molar-refractivity contribution in [3.8, 4) is 5.69 Å². The zero-order valence-electron chi connectivity index (χ0n) is 11.3. The van der Waals surface area contributed by atoms with Crippen molar-refractivity contribution in [1.82, 2.24) is 9.78 Å². The van der Waals surface area contributed by atoms with Gasteiger partial charge in [-0.15, -0.1) is 0 Å². The van der Waals surface area contributed by atoms with E-state index in [0.717, 1.165) is 5.69 Å². The Morgan fingerprint density at radius 3 is 2.80 bits per heavy atom. The molecule has 3 N–H and O–H groups in total. The van der Waals surface area contributed by atoms with Crippen LogP contribution in [0.4, 0.5) is 5.69 Å². The molecule has 1 aromatic heterocycles. The van der Waals surface area contributed by atoms with Crippen LogP contribution in [0.5, 0.6) is 0 Å². The topological polar surface area (TPSA) is 82.2 Å². The molecule has 6 heteroatoms. The molecule has 0 spiro atoms. The maximum atomic E-state index is 11.8. The van der Waals surface area contributed by atoms with E-state index in [1.165, 1.54) is 0 Å². The minimum atomic E-state index is -0.569. The molecule has 0 aliphatic rings. The molecule has 1 unspecified atom stereocenters. The average Bonchev–Trinajstić information content (AvgIpc) is 2.99. The Labute approximate surface area is 117 Å². The molecule has 1 atom stereocenters. The van der Waals surface area contributed by atoms with Gasteiger partial charge >= 0.3 is 0 Å². The molecule has 2 aromatic rings. The first-order valence-electron chi connectivity index (χ1n) is 6.36. The summed E-state index contributed by atoms with van der Waals surface area (Å²) in [5.74, 6) is -0.214. The summed E-state index contributed by atoms with van der Waals surface area (Å²) in [4.78, 5) is 11.8. The van der Waals surface area contributed by atoms with E-state index in [9.17, 15) is 4.79 Å². The summed E-state index contributed by atoms with van der Waals surface area (Å²) in [6.07, 6.45) is 4.06. The molecule has 1 amide bonds. The molecule has 6 nitrogen and oxygen atoms in total. The Bertz CT molecular complexity index is 537. The third-order valence-corrected chi connectivity index (χ3v) is 2.87. The third-order valence-electron chi connectivity index (χ3n) is 2.87. The fraction of sp³-hybridized carbons (Fsp3) is 0.286. The monoisotopic (exact) mass is 274 g/mol. The van der Waals surface area contributed by atoms with Gasteiger partial charge in [-0.2, -0.15) is 5.10 Å². The molecular formula is C14H18N4O2. The predicted molar refractivity (Wildman–Crippen MR) is 76.7 cm³/mol. The van der Waals surface area contributed by atoms with Crippen LogP contribution in [0.25, 0.3) is 5.69 Å². The van der Waals surface area contributed by atoms with E-state index in [1.807, 2.05) is 36.5 Å². The number of amides is 1. The fourth-order valence-corrected chi connectivity index (χ4v) is 1.73. The van der Waals surface area contributed by atoms with E-state index in [-0.39, 0.29) is 5.91 Å². The van der Waals surface area contributed by atoms with Gasteiger partial charge in [-0.25, -0.2) is 4.68 Å². The smallest absolute Gasteiger partial charge is 0.241 e. The van der Waals surface area contributed by atoms with E-state index in [0.29, 0.717) is 18.7 Å². The van der Waals surface area contributed by atoms with Crippen LogP contribution in [0.15, 0.2) is 42.7 Å². The normalized spacial score (nSPS) is 12.1. The van der Waals surface area contributed by atoms with Crippen molar-refractivity contribution in [2.24, 2.45) is 5.73 Å². The highest BCUT2D eigenvalue weighted by Crippen LogP contribution is 2.12. The Morgan fingerprint density at radius 2 is 2.20 bits per heavy atom. The number of nitrogens with zero attached hydrogens (tertiary/aromatic N) is 2. The van der Waals surface area contributed by atoms with Crippen LogP contribution in [-0.2, 0) is 9.53 Å². The minimum Gasteiger partial charge on any atom is -0.385 e. The lowest BCUT2D eigenvalue weighted by Gasteiger charge is -2.12. The van der Waals surface area contributed by atoms with Crippen molar-refractivity contribution in [2.45, 2.75) is 12.5 Å². The minimum absolute atomic E-state index is 0.214. The number of benzene rings is 1. The molecular weight excluding hydrogens is 256 g/mol. The first-order chi connectivity index (χ1) is 9.70. The van der Waals surface area contributed by atoms with Gasteiger partial charge in [-0.1, -0.05) is 0 Å². The lowest BCUT2D eigenvalue weighted by molar-refractivity contribution is -0.117. The zero-order valence-corrected chi connectivity index (χ0v) is 11.3. The van der Waals surface area contributed by atoms with Crippen LogP contribution in [0.2, 0.25) is 0 Å². The molecule has 20 heavy (non-hydrogen) atoms. The van der Waals surface area contributed by atoms with E-state index in [2.05, 4.69) is 10.4 Å². The number of carbonyl (C=O) groups is 1. The lowest BCUT2D eigenvalue weighted by Crippen LogP contribution is -2.36. The van der Waals surface area contributed by atoms with Crippen LogP contribution >= 0.6 is 0 Å². The van der Waals surface area contributed by atoms with Gasteiger partial charge in [0.25, 0.3) is 0 Å². The van der Waals surface area contributed by atoms with Gasteiger partial charge in [-0.05, 0) is 36.8 Å². The molecule has 0 radical (unpaired) electrons. The van der Waals surface area contributed by atoms with Gasteiger partial charge in [0.2, 0.25) is 5.91 Å². The second kappa shape index (κ2) is 6.83. The quantitative estimate of drug-likeness (QED) is 0.828. The van der Waals surface area contributed by atoms with E-state index in [4.69, 9.17) is 10.5 Å². The summed E-state index contributed by atoms with van der Waals surface area (Å²) < 4.78 is 6.65. The van der Waals surface area contributed by atoms with Gasteiger partial charge in [0.05, 0.1) is 11.7 Å². The second-order valence-electron chi connectivity index (χ2n) is 4.37. The first kappa shape index (κ1) is 14.2. The second-order valence-corrected chi connectivity index (χ2v) is 4.37. The highest BCUT2D eigenvalue weighted by molar-refractivity contribution is 5.94. The summed E-state index contributed by atoms with van der Waals surface area (Å²) in [5, 5.41) is 6.91. The average molecular weight is 274 g/mol. The van der Waals surface area contributed by atoms with Crippen LogP contribution in [-0.4, -0.2) is 35.4 Å². The number of methoxy groups -OCH3 is 1. The lowest BCUT2D eigenvalue weighted by atomic mass is 10.2. The number of carbonyl (C=O) groups excluding carboxylic acids is 1. The molecule has 1 heterocycles. The summed E-state index contributed by atoms with van der Waals surface area (Å²) >= 11 is 0. The number of anilines is 1. The number of hydrogen-bond acceptors (Lipinski definition) is 4. The number of nitrogens with one attached hydrogen (secondary N) is 1. The number of aromatic nitrogens is 2. The molecule has 0 saturated carbocycles. The van der Waals surface area contributed by atoms with Crippen molar-refractivity contribution < 1.29 is 9.53 Å². The largest absolute Gasteiger partial charge is 0.385 e. The maximum Gasteiger partial charge on any atom is 0.241 e. The summed E-state index contributed by atoms with van der Waals surface area (Å²) in [5.41, 5.74) is 7.39. The Balaban J connectivity index is 1.95. The third kappa shape index (κ3) is 3.66. The summed E-state index contributed by atoms with van der Waals surface area (Å²) in [6, 6.07) is 8.67. The highest BCUT2D eigenvalue weighted by atomic mass is 16.5. The fourth-order valence-electron chi connectivity index (χ4n) is 1.73. The first-order valence-corrected chi connectivity index (χ1v) is 6.36. The van der Waals surface area contributed by atoms with Crippen LogP contribution < -0.4 is 11.1 Å². The molecule has 106 valence electrons. The van der Waals surface area contributed by atoms with Gasteiger partial charge in [0, 0.05) is 31.8 Å². The molecule has 0 bridgehead atoms. The number of rotatable bonds is 6. The van der Waals surface area contributed by atoms with Crippen molar-refractivity contribution in [3.63, 3.8) is 0 Å². The van der Waals surface area contributed by atoms with Crippen LogP contribution in [0, 0.1) is 0 Å². The molecule has 0 aliphatic carbocycles. The molecule has 1 aromatic carbocycles. The van der Waals surface area contributed by atoms with E-state index >= 15 is 0 Å². The molecule has 0 saturated heterocycles. The van der Waals surface area contributed by atoms with Crippen LogP contribution in [0.1, 0.15) is 6.42 Å². The Morgan fingerprint density at radius 1 is 1.45 bits per heavy atom. The van der Waals surface area contributed by atoms with E-state index < -0.39 is 6.04 Å². The zero-order chi connectivity index (χ0) is 14.4. The van der Waals surface area contributed by atoms with Crippen molar-refractivity contribution >= 4 is 11.6 Å². The van der Waals surface area contributed by atoms with Gasteiger partial charge in [-0.3, -0.25) is 4.79 Å². The van der Waals surface area contributed by atoms with Gasteiger partial charge in [0.15, 0.2) is 0 Å². The molecule has 0 fully saturated rings.